The molecule has 4 heteroatoms. The summed E-state index contributed by atoms with van der Waals surface area (Å²) in [7, 11) is 0. The van der Waals surface area contributed by atoms with Gasteiger partial charge in [-0.1, -0.05) is 29.3 Å². The van der Waals surface area contributed by atoms with Gasteiger partial charge in [0.25, 0.3) is 0 Å². The quantitative estimate of drug-likeness (QED) is 0.807. The molecule has 0 spiro atoms. The van der Waals surface area contributed by atoms with Crippen molar-refractivity contribution in [2.24, 2.45) is 0 Å². The minimum atomic E-state index is 0.649. The molecule has 0 aliphatic carbocycles. The molecule has 1 N–H and O–H groups in total. The molecule has 0 amide bonds. The van der Waals surface area contributed by atoms with Crippen LogP contribution in [0.3, 0.4) is 0 Å². The van der Waals surface area contributed by atoms with Gasteiger partial charge >= 0.3 is 0 Å². The normalized spacial score (nSPS) is 10.4. The smallest absolute Gasteiger partial charge is 0.119 e. The van der Waals surface area contributed by atoms with E-state index >= 15 is 0 Å². The highest BCUT2D eigenvalue weighted by molar-refractivity contribution is 6.35. The minimum Gasteiger partial charge on any atom is -0.494 e. The van der Waals surface area contributed by atoms with E-state index in [1.54, 1.807) is 6.07 Å². The fraction of sp³-hybridized carbons (Fsp3) is 0.250. The van der Waals surface area contributed by atoms with Crippen LogP contribution >= 0.6 is 23.2 Å². The third kappa shape index (κ3) is 3.81. The molecule has 2 rings (SSSR count). The molecule has 0 bridgehead atoms. The Bertz CT molecular complexity index is 599. The Morgan fingerprint density at radius 2 is 1.90 bits per heavy atom. The van der Waals surface area contributed by atoms with Gasteiger partial charge < -0.3 is 10.1 Å². The Morgan fingerprint density at radius 3 is 2.55 bits per heavy atom. The van der Waals surface area contributed by atoms with Gasteiger partial charge in [0.05, 0.1) is 6.61 Å². The highest BCUT2D eigenvalue weighted by atomic mass is 35.5. The summed E-state index contributed by atoms with van der Waals surface area (Å²) < 4.78 is 5.47. The number of nitrogens with one attached hydrogen (secondary N) is 1. The maximum Gasteiger partial charge on any atom is 0.119 e. The van der Waals surface area contributed by atoms with Gasteiger partial charge in [-0.2, -0.15) is 0 Å². The summed E-state index contributed by atoms with van der Waals surface area (Å²) in [5.74, 6) is 0.889. The van der Waals surface area contributed by atoms with Crippen molar-refractivity contribution in [2.45, 2.75) is 20.4 Å². The Labute approximate surface area is 129 Å². The lowest BCUT2D eigenvalue weighted by Gasteiger charge is -2.12. The van der Waals surface area contributed by atoms with Crippen LogP contribution in [0.2, 0.25) is 10.0 Å². The minimum absolute atomic E-state index is 0.649. The fourth-order valence-corrected chi connectivity index (χ4v) is 2.42. The summed E-state index contributed by atoms with van der Waals surface area (Å²) in [6, 6.07) is 11.5. The average molecular weight is 310 g/mol. The molecule has 0 fully saturated rings. The molecule has 0 heterocycles. The first-order chi connectivity index (χ1) is 9.60. The van der Waals surface area contributed by atoms with E-state index in [4.69, 9.17) is 27.9 Å². The lowest BCUT2D eigenvalue weighted by Crippen LogP contribution is -2.02. The lowest BCUT2D eigenvalue weighted by atomic mass is 10.1. The molecular formula is C16H17Cl2NO. The number of hydrogen-bond donors (Lipinski definition) is 1. The molecule has 0 radical (unpaired) electrons. The van der Waals surface area contributed by atoms with E-state index in [1.807, 2.05) is 44.2 Å². The second-order valence-corrected chi connectivity index (χ2v) is 5.34. The van der Waals surface area contributed by atoms with Crippen molar-refractivity contribution in [3.8, 4) is 5.75 Å². The third-order valence-electron chi connectivity index (χ3n) is 2.99. The summed E-state index contributed by atoms with van der Waals surface area (Å²) in [6.45, 7) is 5.36. The zero-order chi connectivity index (χ0) is 14.5. The lowest BCUT2D eigenvalue weighted by molar-refractivity contribution is 0.340. The number of rotatable bonds is 5. The van der Waals surface area contributed by atoms with Gasteiger partial charge in [0.2, 0.25) is 0 Å². The zero-order valence-corrected chi connectivity index (χ0v) is 13.1. The maximum absolute atomic E-state index is 6.16. The summed E-state index contributed by atoms with van der Waals surface area (Å²) in [5.41, 5.74) is 3.23. The van der Waals surface area contributed by atoms with Crippen LogP contribution in [0.4, 0.5) is 5.69 Å². The maximum atomic E-state index is 6.16. The van der Waals surface area contributed by atoms with Crippen molar-refractivity contribution in [3.63, 3.8) is 0 Å². The molecule has 0 aromatic heterocycles. The topological polar surface area (TPSA) is 21.3 Å². The van der Waals surface area contributed by atoms with Crippen LogP contribution in [-0.2, 0) is 6.54 Å². The molecule has 0 saturated carbocycles. The number of hydrogen-bond acceptors (Lipinski definition) is 2. The van der Waals surface area contributed by atoms with Crippen LogP contribution < -0.4 is 10.1 Å². The molecule has 20 heavy (non-hydrogen) atoms. The molecule has 2 aromatic carbocycles. The molecule has 0 saturated heterocycles. The Balaban J connectivity index is 2.07. The number of ether oxygens (including phenoxy) is 1. The van der Waals surface area contributed by atoms with Gasteiger partial charge in [0, 0.05) is 22.3 Å². The predicted octanol–water partition coefficient (Wildman–Crippen LogP) is 5.31. The monoisotopic (exact) mass is 309 g/mol. The standard InChI is InChI=1S/C16H17Cl2NO/c1-3-20-14-6-7-16(11(2)8-14)19-10-12-4-5-13(17)9-15(12)18/h4-9,19H,3,10H2,1-2H3. The van der Waals surface area contributed by atoms with Crippen molar-refractivity contribution >= 4 is 28.9 Å². The van der Waals surface area contributed by atoms with Crippen molar-refractivity contribution in [1.82, 2.24) is 0 Å². The van der Waals surface area contributed by atoms with Crippen LogP contribution in [0.25, 0.3) is 0 Å². The van der Waals surface area contributed by atoms with Crippen LogP contribution in [0.1, 0.15) is 18.1 Å². The Hall–Kier alpha value is -1.38. The van der Waals surface area contributed by atoms with Gasteiger partial charge in [-0.25, -0.2) is 0 Å². The van der Waals surface area contributed by atoms with Crippen LogP contribution in [0.5, 0.6) is 5.75 Å². The van der Waals surface area contributed by atoms with Crippen LogP contribution in [0, 0.1) is 6.92 Å². The van der Waals surface area contributed by atoms with Crippen LogP contribution in [-0.4, -0.2) is 6.61 Å². The van der Waals surface area contributed by atoms with Gasteiger partial charge in [0.15, 0.2) is 0 Å². The van der Waals surface area contributed by atoms with Gasteiger partial charge in [-0.15, -0.1) is 0 Å². The molecular weight excluding hydrogens is 293 g/mol. The molecule has 0 atom stereocenters. The Kier molecular flexibility index (Phi) is 5.16. The van der Waals surface area contributed by atoms with Crippen molar-refractivity contribution in [2.75, 3.05) is 11.9 Å². The largest absolute Gasteiger partial charge is 0.494 e. The molecule has 0 aliphatic rings. The molecule has 0 aliphatic heterocycles. The number of benzene rings is 2. The summed E-state index contributed by atoms with van der Waals surface area (Å²) in [5, 5.41) is 4.70. The Morgan fingerprint density at radius 1 is 1.10 bits per heavy atom. The molecule has 2 nitrogen and oxygen atoms in total. The first-order valence-corrected chi connectivity index (χ1v) is 7.27. The van der Waals surface area contributed by atoms with E-state index in [9.17, 15) is 0 Å². The van der Waals surface area contributed by atoms with Crippen molar-refractivity contribution in [3.05, 3.63) is 57.6 Å². The van der Waals surface area contributed by atoms with E-state index in [0.717, 1.165) is 22.6 Å². The zero-order valence-electron chi connectivity index (χ0n) is 11.5. The fourth-order valence-electron chi connectivity index (χ4n) is 1.95. The average Bonchev–Trinajstić information content (AvgIpc) is 2.40. The SMILES string of the molecule is CCOc1ccc(NCc2ccc(Cl)cc2Cl)c(C)c1. The predicted molar refractivity (Wildman–Crippen MR) is 86.1 cm³/mol. The summed E-state index contributed by atoms with van der Waals surface area (Å²) >= 11 is 12.0. The van der Waals surface area contributed by atoms with E-state index < -0.39 is 0 Å². The third-order valence-corrected chi connectivity index (χ3v) is 3.58. The van der Waals surface area contributed by atoms with Crippen molar-refractivity contribution < 1.29 is 4.74 Å². The van der Waals surface area contributed by atoms with E-state index in [-0.39, 0.29) is 0 Å². The van der Waals surface area contributed by atoms with Gasteiger partial charge in [-0.05, 0) is 55.3 Å². The van der Waals surface area contributed by atoms with Crippen LogP contribution in [0.15, 0.2) is 36.4 Å². The molecule has 2 aromatic rings. The first kappa shape index (κ1) is 15.0. The van der Waals surface area contributed by atoms with Gasteiger partial charge in [-0.3, -0.25) is 0 Å². The highest BCUT2D eigenvalue weighted by Gasteiger charge is 2.04. The summed E-state index contributed by atoms with van der Waals surface area (Å²) in [4.78, 5) is 0. The summed E-state index contributed by atoms with van der Waals surface area (Å²) in [6.07, 6.45) is 0. The van der Waals surface area contributed by atoms with Crippen molar-refractivity contribution in [1.29, 1.82) is 0 Å². The highest BCUT2D eigenvalue weighted by Crippen LogP contribution is 2.24. The van der Waals surface area contributed by atoms with E-state index in [1.165, 1.54) is 0 Å². The van der Waals surface area contributed by atoms with E-state index in [0.29, 0.717) is 23.2 Å². The second-order valence-electron chi connectivity index (χ2n) is 4.50. The second kappa shape index (κ2) is 6.87. The van der Waals surface area contributed by atoms with E-state index in [2.05, 4.69) is 5.32 Å². The van der Waals surface area contributed by atoms with Gasteiger partial charge in [0.1, 0.15) is 5.75 Å². The molecule has 0 unspecified atom stereocenters. The molecule has 106 valence electrons. The number of halogens is 2. The number of anilines is 1. The number of aryl methyl sites for hydroxylation is 1. The first-order valence-electron chi connectivity index (χ1n) is 6.51.